The van der Waals surface area contributed by atoms with Crippen molar-refractivity contribution in [1.29, 1.82) is 0 Å². The van der Waals surface area contributed by atoms with Gasteiger partial charge in [-0.15, -0.1) is 10.2 Å². The van der Waals surface area contributed by atoms with E-state index in [4.69, 9.17) is 0 Å². The maximum Gasteiger partial charge on any atom is 0.331 e. The number of para-hydroxylation sites is 2. The van der Waals surface area contributed by atoms with Crippen molar-refractivity contribution in [2.45, 2.75) is 43.3 Å². The highest BCUT2D eigenvalue weighted by Crippen LogP contribution is 2.34. The van der Waals surface area contributed by atoms with Gasteiger partial charge in [-0.3, -0.25) is 4.55 Å². The second-order valence-electron chi connectivity index (χ2n) is 5.74. The lowest BCUT2D eigenvalue weighted by molar-refractivity contribution is 0.365. The van der Waals surface area contributed by atoms with Gasteiger partial charge in [-0.25, -0.2) is 4.40 Å². The van der Waals surface area contributed by atoms with Gasteiger partial charge in [0, 0.05) is 6.04 Å². The van der Waals surface area contributed by atoms with Gasteiger partial charge in [-0.1, -0.05) is 31.4 Å². The lowest BCUT2D eigenvalue weighted by Gasteiger charge is -2.23. The van der Waals surface area contributed by atoms with Crippen LogP contribution >= 0.6 is 0 Å². The topological polar surface area (TPSA) is 89.5 Å². The molecule has 2 heterocycles. The Labute approximate surface area is 127 Å². The molecular weight excluding hydrogens is 304 g/mol. The fraction of sp³-hybridized carbons (Fsp3) is 0.429. The number of nitrogens with zero attached hydrogens (tertiary/aromatic N) is 4. The Morgan fingerprint density at radius 1 is 1.05 bits per heavy atom. The second kappa shape index (κ2) is 4.79. The monoisotopic (exact) mass is 320 g/mol. The first kappa shape index (κ1) is 13.7. The number of benzene rings is 1. The number of hydrogen-bond donors (Lipinski definition) is 1. The van der Waals surface area contributed by atoms with E-state index in [0.29, 0.717) is 11.3 Å². The molecule has 1 fully saturated rings. The Balaban J connectivity index is 2.08. The average molecular weight is 320 g/mol. The van der Waals surface area contributed by atoms with Crippen molar-refractivity contribution in [2.75, 3.05) is 0 Å². The van der Waals surface area contributed by atoms with E-state index in [1.54, 1.807) is 0 Å². The summed E-state index contributed by atoms with van der Waals surface area (Å²) in [5.41, 5.74) is 1.62. The zero-order valence-electron chi connectivity index (χ0n) is 11.9. The van der Waals surface area contributed by atoms with Gasteiger partial charge in [0.15, 0.2) is 0 Å². The molecule has 0 aliphatic heterocycles. The first-order valence-corrected chi connectivity index (χ1v) is 8.83. The Hall–Kier alpha value is -1.93. The molecule has 22 heavy (non-hydrogen) atoms. The molecule has 0 saturated heterocycles. The predicted molar refractivity (Wildman–Crippen MR) is 80.4 cm³/mol. The molecule has 3 aromatic rings. The summed E-state index contributed by atoms with van der Waals surface area (Å²) in [5, 5.41) is 7.30. The van der Waals surface area contributed by atoms with Gasteiger partial charge in [0.05, 0.1) is 11.0 Å². The second-order valence-corrected chi connectivity index (χ2v) is 7.06. The normalized spacial score (nSPS) is 17.5. The number of imidazole rings is 1. The van der Waals surface area contributed by atoms with Crippen molar-refractivity contribution < 1.29 is 13.0 Å². The molecule has 1 aliphatic rings. The van der Waals surface area contributed by atoms with Crippen molar-refractivity contribution in [3.8, 4) is 0 Å². The lowest BCUT2D eigenvalue weighted by atomic mass is 9.95. The lowest BCUT2D eigenvalue weighted by Crippen LogP contribution is -2.13. The van der Waals surface area contributed by atoms with E-state index in [1.807, 2.05) is 24.3 Å². The molecule has 1 aromatic carbocycles. The molecule has 1 aliphatic carbocycles. The van der Waals surface area contributed by atoms with Crippen LogP contribution in [0.5, 0.6) is 0 Å². The molecule has 7 nitrogen and oxygen atoms in total. The van der Waals surface area contributed by atoms with Crippen LogP contribution in [0.15, 0.2) is 29.4 Å². The third-order valence-corrected chi connectivity index (χ3v) is 5.11. The molecule has 116 valence electrons. The summed E-state index contributed by atoms with van der Waals surface area (Å²) < 4.78 is 36.0. The average Bonchev–Trinajstić information content (AvgIpc) is 3.05. The van der Waals surface area contributed by atoms with E-state index < -0.39 is 15.3 Å². The van der Waals surface area contributed by atoms with Crippen molar-refractivity contribution in [1.82, 2.24) is 19.2 Å². The SMILES string of the molecule is O=S(=O)(O)c1nnc2n(C3CCCCC3)c3ccccc3n12. The zero-order chi connectivity index (χ0) is 15.3. The van der Waals surface area contributed by atoms with E-state index in [-0.39, 0.29) is 6.04 Å². The molecule has 0 atom stereocenters. The van der Waals surface area contributed by atoms with Gasteiger partial charge >= 0.3 is 10.1 Å². The fourth-order valence-electron chi connectivity index (χ4n) is 3.46. The summed E-state index contributed by atoms with van der Waals surface area (Å²) in [6.07, 6.45) is 5.63. The molecular formula is C14H16N4O3S. The predicted octanol–water partition coefficient (Wildman–Crippen LogP) is 2.44. The van der Waals surface area contributed by atoms with Crippen LogP contribution in [-0.4, -0.2) is 32.1 Å². The minimum Gasteiger partial charge on any atom is -0.305 e. The number of rotatable bonds is 2. The van der Waals surface area contributed by atoms with Gasteiger partial charge in [-0.05, 0) is 25.0 Å². The Morgan fingerprint density at radius 3 is 2.41 bits per heavy atom. The molecule has 0 spiro atoms. The van der Waals surface area contributed by atoms with Crippen LogP contribution in [0, 0.1) is 0 Å². The molecule has 1 saturated carbocycles. The quantitative estimate of drug-likeness (QED) is 0.732. The summed E-state index contributed by atoms with van der Waals surface area (Å²) in [7, 11) is -4.42. The van der Waals surface area contributed by atoms with Gasteiger partial charge in [0.1, 0.15) is 0 Å². The summed E-state index contributed by atoms with van der Waals surface area (Å²) >= 11 is 0. The molecule has 2 aromatic heterocycles. The third kappa shape index (κ3) is 1.94. The zero-order valence-corrected chi connectivity index (χ0v) is 12.7. The van der Waals surface area contributed by atoms with Gasteiger partial charge in [0.25, 0.3) is 5.16 Å². The van der Waals surface area contributed by atoms with Crippen molar-refractivity contribution in [3.63, 3.8) is 0 Å². The Kier molecular flexibility index (Phi) is 2.98. The minimum atomic E-state index is -4.42. The van der Waals surface area contributed by atoms with Gasteiger partial charge in [0.2, 0.25) is 5.78 Å². The van der Waals surface area contributed by atoms with E-state index in [1.165, 1.54) is 10.8 Å². The van der Waals surface area contributed by atoms with Crippen LogP contribution < -0.4 is 0 Å². The van der Waals surface area contributed by atoms with Crippen LogP contribution in [0.1, 0.15) is 38.1 Å². The molecule has 0 unspecified atom stereocenters. The third-order valence-electron chi connectivity index (χ3n) is 4.38. The van der Waals surface area contributed by atoms with Crippen molar-refractivity contribution in [3.05, 3.63) is 24.3 Å². The molecule has 0 bridgehead atoms. The minimum absolute atomic E-state index is 0.287. The number of aromatic nitrogens is 4. The molecule has 1 N–H and O–H groups in total. The molecule has 4 rings (SSSR count). The summed E-state index contributed by atoms with van der Waals surface area (Å²) in [4.78, 5) is 0. The van der Waals surface area contributed by atoms with E-state index >= 15 is 0 Å². The van der Waals surface area contributed by atoms with E-state index in [2.05, 4.69) is 14.8 Å². The van der Waals surface area contributed by atoms with Crippen molar-refractivity contribution in [2.24, 2.45) is 0 Å². The van der Waals surface area contributed by atoms with Crippen LogP contribution in [0.2, 0.25) is 0 Å². The summed E-state index contributed by atoms with van der Waals surface area (Å²) in [6.45, 7) is 0. The first-order valence-electron chi connectivity index (χ1n) is 7.39. The van der Waals surface area contributed by atoms with Crippen molar-refractivity contribution >= 4 is 26.9 Å². The maximum atomic E-state index is 11.6. The van der Waals surface area contributed by atoms with Crippen LogP contribution in [-0.2, 0) is 10.1 Å². The standard InChI is InChI=1S/C14H16N4O3S/c19-22(20,21)14-16-15-13-17(10-6-2-1-3-7-10)11-8-4-5-9-12(11)18(13)14/h4-5,8-10H,1-3,6-7H2,(H,19,20,21). The van der Waals surface area contributed by atoms with E-state index in [0.717, 1.165) is 31.2 Å². The Morgan fingerprint density at radius 2 is 1.73 bits per heavy atom. The number of fused-ring (bicyclic) bond motifs is 3. The maximum absolute atomic E-state index is 11.6. The highest BCUT2D eigenvalue weighted by molar-refractivity contribution is 7.85. The van der Waals surface area contributed by atoms with Gasteiger partial charge < -0.3 is 4.57 Å². The Bertz CT molecular complexity index is 951. The molecule has 0 amide bonds. The van der Waals surface area contributed by atoms with Crippen LogP contribution in [0.4, 0.5) is 0 Å². The van der Waals surface area contributed by atoms with Crippen LogP contribution in [0.3, 0.4) is 0 Å². The molecule has 0 radical (unpaired) electrons. The summed E-state index contributed by atoms with van der Waals surface area (Å²) in [5.74, 6) is 0.473. The van der Waals surface area contributed by atoms with Crippen LogP contribution in [0.25, 0.3) is 16.8 Å². The largest absolute Gasteiger partial charge is 0.331 e. The smallest absolute Gasteiger partial charge is 0.305 e. The number of hydrogen-bond acceptors (Lipinski definition) is 4. The van der Waals surface area contributed by atoms with Gasteiger partial charge in [-0.2, -0.15) is 8.42 Å². The first-order chi connectivity index (χ1) is 10.6. The summed E-state index contributed by atoms with van der Waals surface area (Å²) in [6, 6.07) is 7.81. The highest BCUT2D eigenvalue weighted by atomic mass is 32.2. The van der Waals surface area contributed by atoms with E-state index in [9.17, 15) is 13.0 Å². The highest BCUT2D eigenvalue weighted by Gasteiger charge is 2.27. The molecule has 8 heteroatoms. The fourth-order valence-corrected chi connectivity index (χ4v) is 4.01.